The minimum atomic E-state index is -1.47. The van der Waals surface area contributed by atoms with Crippen molar-refractivity contribution in [2.75, 3.05) is 26.7 Å². The first-order chi connectivity index (χ1) is 16.2. The Morgan fingerprint density at radius 2 is 2.03 bits per heavy atom. The van der Waals surface area contributed by atoms with Gasteiger partial charge in [0.25, 0.3) is 11.8 Å². The van der Waals surface area contributed by atoms with Crippen LogP contribution in [0.4, 0.5) is 8.78 Å². The van der Waals surface area contributed by atoms with Gasteiger partial charge >= 0.3 is 0 Å². The summed E-state index contributed by atoms with van der Waals surface area (Å²) in [5, 5.41) is 17.2. The van der Waals surface area contributed by atoms with Crippen molar-refractivity contribution in [2.45, 2.75) is 45.0 Å². The molecule has 11 heteroatoms. The van der Waals surface area contributed by atoms with Crippen molar-refractivity contribution in [3.63, 3.8) is 0 Å². The molecule has 1 aromatic rings. The van der Waals surface area contributed by atoms with Crippen LogP contribution in [0.25, 0.3) is 0 Å². The average Bonchev–Trinajstić information content (AvgIpc) is 3.15. The van der Waals surface area contributed by atoms with E-state index in [1.54, 1.807) is 27.5 Å². The number of nitrogens with zero attached hydrogens (tertiary/aromatic N) is 2. The fourth-order valence-corrected chi connectivity index (χ4v) is 5.49. The maximum Gasteiger partial charge on any atom is 0.274 e. The zero-order chi connectivity index (χ0) is 24.7. The number of piperazine rings is 1. The molecule has 184 valence electrons. The van der Waals surface area contributed by atoms with Gasteiger partial charge in [-0.1, -0.05) is 6.92 Å². The van der Waals surface area contributed by atoms with E-state index in [-0.39, 0.29) is 50.7 Å². The van der Waals surface area contributed by atoms with Crippen molar-refractivity contribution >= 4 is 34.4 Å². The third-order valence-corrected chi connectivity index (χ3v) is 7.31. The Balaban J connectivity index is 1.72. The minimum absolute atomic E-state index is 0.0155. The SMILES string of the molecule is CCN[C@H]1C[C@@H]2CN(CC)C(=O)C3=C(OC)C(O)C(C(=O)NCc4cc(I)c(F)cc4F)=C1N32. The van der Waals surface area contributed by atoms with Gasteiger partial charge in [-0.15, -0.1) is 0 Å². The number of carbonyl (C=O) groups is 2. The van der Waals surface area contributed by atoms with Crippen molar-refractivity contribution in [3.05, 3.63) is 55.6 Å². The van der Waals surface area contributed by atoms with E-state index in [9.17, 15) is 23.5 Å². The number of ether oxygens (including phenoxy) is 1. The van der Waals surface area contributed by atoms with Crippen molar-refractivity contribution < 1.29 is 28.2 Å². The van der Waals surface area contributed by atoms with Crippen molar-refractivity contribution in [1.82, 2.24) is 20.4 Å². The lowest BCUT2D eigenvalue weighted by molar-refractivity contribution is -0.133. The first-order valence-corrected chi connectivity index (χ1v) is 12.2. The Morgan fingerprint density at radius 1 is 1.29 bits per heavy atom. The van der Waals surface area contributed by atoms with Crippen LogP contribution in [-0.2, 0) is 20.9 Å². The van der Waals surface area contributed by atoms with E-state index in [0.29, 0.717) is 31.8 Å². The van der Waals surface area contributed by atoms with Gasteiger partial charge in [-0.25, -0.2) is 8.78 Å². The normalized spacial score (nSPS) is 24.1. The van der Waals surface area contributed by atoms with E-state index in [0.717, 1.165) is 6.07 Å². The third-order valence-electron chi connectivity index (χ3n) is 6.48. The number of benzene rings is 1. The fourth-order valence-electron chi connectivity index (χ4n) is 4.96. The molecule has 0 saturated carbocycles. The summed E-state index contributed by atoms with van der Waals surface area (Å²) in [7, 11) is 1.35. The number of likely N-dealkylation sites (N-methyl/N-ethyl adjacent to an activating group) is 2. The topological polar surface area (TPSA) is 94.1 Å². The molecule has 2 saturated heterocycles. The molecule has 4 rings (SSSR count). The molecule has 1 aromatic carbocycles. The van der Waals surface area contributed by atoms with E-state index in [1.807, 2.05) is 18.7 Å². The predicted molar refractivity (Wildman–Crippen MR) is 128 cm³/mol. The molecule has 3 aliphatic rings. The maximum absolute atomic E-state index is 14.2. The average molecular weight is 588 g/mol. The molecular formula is C23H27F2IN4O4. The van der Waals surface area contributed by atoms with Crippen LogP contribution in [0.2, 0.25) is 0 Å². The summed E-state index contributed by atoms with van der Waals surface area (Å²) in [6.07, 6.45) is -0.827. The monoisotopic (exact) mass is 588 g/mol. The highest BCUT2D eigenvalue weighted by atomic mass is 127. The Labute approximate surface area is 210 Å². The second-order valence-corrected chi connectivity index (χ2v) is 9.53. The number of methoxy groups -OCH3 is 1. The minimum Gasteiger partial charge on any atom is -0.496 e. The van der Waals surface area contributed by atoms with Crippen LogP contribution in [0.5, 0.6) is 0 Å². The predicted octanol–water partition coefficient (Wildman–Crippen LogP) is 1.59. The van der Waals surface area contributed by atoms with Gasteiger partial charge in [-0.3, -0.25) is 9.59 Å². The van der Waals surface area contributed by atoms with E-state index >= 15 is 0 Å². The first-order valence-electron chi connectivity index (χ1n) is 11.2. The lowest BCUT2D eigenvalue weighted by Crippen LogP contribution is -2.55. The number of hydrogen-bond acceptors (Lipinski definition) is 6. The Hall–Kier alpha value is -2.25. The Kier molecular flexibility index (Phi) is 7.15. The van der Waals surface area contributed by atoms with Crippen LogP contribution in [0, 0.1) is 15.2 Å². The molecule has 3 heterocycles. The van der Waals surface area contributed by atoms with Crippen LogP contribution < -0.4 is 10.6 Å². The molecule has 3 N–H and O–H groups in total. The summed E-state index contributed by atoms with van der Waals surface area (Å²) in [6, 6.07) is 1.77. The second kappa shape index (κ2) is 9.78. The zero-order valence-electron chi connectivity index (χ0n) is 19.1. The summed E-state index contributed by atoms with van der Waals surface area (Å²) < 4.78 is 33.5. The number of aliphatic hydroxyl groups is 1. The summed E-state index contributed by atoms with van der Waals surface area (Å²) in [5.74, 6) is -2.30. The lowest BCUT2D eigenvalue weighted by Gasteiger charge is -2.44. The maximum atomic E-state index is 14.2. The van der Waals surface area contributed by atoms with Gasteiger partial charge in [-0.05, 0) is 48.5 Å². The number of rotatable bonds is 7. The van der Waals surface area contributed by atoms with Crippen LogP contribution >= 0.6 is 22.6 Å². The lowest BCUT2D eigenvalue weighted by atomic mass is 9.95. The molecule has 3 aliphatic heterocycles. The standard InChI is InChI=1S/C23H27F2IN4O4/c1-4-27-16-7-12-10-29(5-2)23(33)19-21(34-3)20(31)17(18(16)30(12)19)22(32)28-9-11-6-15(26)14(25)8-13(11)24/h6,8,12,16,20,27,31H,4-5,7,9-10H2,1-3H3,(H,28,32)/t12-,16+,20?/m1/s1. The fraction of sp³-hybridized carbons (Fsp3) is 0.478. The molecule has 0 aromatic heterocycles. The van der Waals surface area contributed by atoms with E-state index in [2.05, 4.69) is 10.6 Å². The summed E-state index contributed by atoms with van der Waals surface area (Å²) in [6.45, 7) is 5.27. The number of nitrogens with one attached hydrogen (secondary N) is 2. The Bertz CT molecular complexity index is 1090. The first kappa shape index (κ1) is 24.9. The molecule has 0 spiro atoms. The molecule has 0 bridgehead atoms. The van der Waals surface area contributed by atoms with Gasteiger partial charge in [0.15, 0.2) is 5.76 Å². The van der Waals surface area contributed by atoms with E-state index in [1.165, 1.54) is 13.2 Å². The van der Waals surface area contributed by atoms with Gasteiger partial charge in [-0.2, -0.15) is 0 Å². The largest absolute Gasteiger partial charge is 0.496 e. The van der Waals surface area contributed by atoms with Gasteiger partial charge in [0.1, 0.15) is 23.4 Å². The highest BCUT2D eigenvalue weighted by Gasteiger charge is 2.53. The number of halogens is 3. The molecule has 8 nitrogen and oxygen atoms in total. The molecule has 0 aliphatic carbocycles. The van der Waals surface area contributed by atoms with Crippen molar-refractivity contribution in [1.29, 1.82) is 0 Å². The number of aliphatic hydroxyl groups excluding tert-OH is 1. The number of carbonyl (C=O) groups excluding carboxylic acids is 2. The van der Waals surface area contributed by atoms with Gasteiger partial charge in [0.05, 0.1) is 24.8 Å². The molecule has 34 heavy (non-hydrogen) atoms. The smallest absolute Gasteiger partial charge is 0.274 e. The molecule has 2 fully saturated rings. The van der Waals surface area contributed by atoms with Crippen LogP contribution in [0.1, 0.15) is 25.8 Å². The van der Waals surface area contributed by atoms with E-state index in [4.69, 9.17) is 4.74 Å². The van der Waals surface area contributed by atoms with Gasteiger partial charge in [0, 0.05) is 40.5 Å². The summed E-state index contributed by atoms with van der Waals surface area (Å²) >= 11 is 1.75. The molecular weight excluding hydrogens is 561 g/mol. The van der Waals surface area contributed by atoms with E-state index < -0.39 is 23.6 Å². The molecule has 0 radical (unpaired) electrons. The van der Waals surface area contributed by atoms with Crippen molar-refractivity contribution in [3.8, 4) is 0 Å². The van der Waals surface area contributed by atoms with Gasteiger partial charge in [0.2, 0.25) is 0 Å². The van der Waals surface area contributed by atoms with Crippen molar-refractivity contribution in [2.24, 2.45) is 0 Å². The zero-order valence-corrected chi connectivity index (χ0v) is 21.3. The number of amides is 2. The molecule has 1 unspecified atom stereocenters. The highest BCUT2D eigenvalue weighted by molar-refractivity contribution is 14.1. The second-order valence-electron chi connectivity index (χ2n) is 8.37. The molecule has 3 atom stereocenters. The summed E-state index contributed by atoms with van der Waals surface area (Å²) in [4.78, 5) is 30.1. The third kappa shape index (κ3) is 4.07. The molecule has 2 amide bonds. The van der Waals surface area contributed by atoms with Crippen LogP contribution in [0.15, 0.2) is 34.9 Å². The number of hydrogen-bond donors (Lipinski definition) is 3. The quantitative estimate of drug-likeness (QED) is 0.331. The van der Waals surface area contributed by atoms with Crippen LogP contribution in [-0.4, -0.2) is 71.7 Å². The Morgan fingerprint density at radius 3 is 2.68 bits per heavy atom. The highest BCUT2D eigenvalue weighted by Crippen LogP contribution is 2.44. The van der Waals surface area contributed by atoms with Gasteiger partial charge < -0.3 is 30.3 Å². The van der Waals surface area contributed by atoms with Crippen LogP contribution in [0.3, 0.4) is 0 Å². The summed E-state index contributed by atoms with van der Waals surface area (Å²) in [5.41, 5.74) is 0.964.